The number of benzene rings is 1. The largest absolute Gasteiger partial charge is 0.497 e. The molecule has 0 fully saturated rings. The Kier molecular flexibility index (Phi) is 6.32. The summed E-state index contributed by atoms with van der Waals surface area (Å²) in [5.41, 5.74) is 1.06. The van der Waals surface area contributed by atoms with Crippen molar-refractivity contribution in [2.24, 2.45) is 0 Å². The van der Waals surface area contributed by atoms with Crippen molar-refractivity contribution in [3.63, 3.8) is 0 Å². The molecule has 0 aliphatic carbocycles. The molecule has 0 amide bonds. The van der Waals surface area contributed by atoms with Crippen LogP contribution < -0.4 is 15.5 Å². The molecule has 0 aliphatic rings. The van der Waals surface area contributed by atoms with Gasteiger partial charge in [-0.2, -0.15) is 0 Å². The predicted molar refractivity (Wildman–Crippen MR) is 101 cm³/mol. The Balaban J connectivity index is 2.33. The molecule has 24 heavy (non-hydrogen) atoms. The number of carbonyl (C=O) groups is 1. The maximum Gasteiger partial charge on any atom is 0.212 e. The Hall–Kier alpha value is -2.40. The van der Waals surface area contributed by atoms with Gasteiger partial charge in [0.15, 0.2) is 5.78 Å². The Morgan fingerprint density at radius 3 is 2.54 bits per heavy atom. The van der Waals surface area contributed by atoms with Crippen LogP contribution >= 0.6 is 15.9 Å². The molecule has 0 bridgehead atoms. The van der Waals surface area contributed by atoms with Crippen LogP contribution in [0.5, 0.6) is 5.75 Å². The van der Waals surface area contributed by atoms with Gasteiger partial charge in [0.2, 0.25) is 5.43 Å². The number of ether oxygens (including phenoxy) is 1. The van der Waals surface area contributed by atoms with Gasteiger partial charge < -0.3 is 10.1 Å². The van der Waals surface area contributed by atoms with Gasteiger partial charge in [-0.25, -0.2) is 0 Å². The monoisotopic (exact) mass is 387 g/mol. The Morgan fingerprint density at radius 2 is 1.92 bits per heavy atom. The molecule has 124 valence electrons. The van der Waals surface area contributed by atoms with Gasteiger partial charge in [-0.3, -0.25) is 9.59 Å². The number of allylic oxidation sites excluding steroid dienone is 1. The first-order valence-electron chi connectivity index (χ1n) is 7.49. The standard InChI is InChI=1S/C19H18BrNO3/c1-3-21-17-10-7-14(20)12-16(19(17)23)18(22)11-6-13-4-8-15(24-2)9-5-13/h4-12H,3H2,1-2H3,(H,21,23). The third kappa shape index (κ3) is 4.55. The first-order valence-corrected chi connectivity index (χ1v) is 8.28. The third-order valence-electron chi connectivity index (χ3n) is 3.36. The van der Waals surface area contributed by atoms with E-state index >= 15 is 0 Å². The maximum atomic E-state index is 12.5. The summed E-state index contributed by atoms with van der Waals surface area (Å²) in [4.78, 5) is 24.9. The van der Waals surface area contributed by atoms with Crippen molar-refractivity contribution in [3.8, 4) is 5.75 Å². The average molecular weight is 388 g/mol. The zero-order chi connectivity index (χ0) is 17.5. The van der Waals surface area contributed by atoms with Crippen LogP contribution in [0.4, 0.5) is 5.69 Å². The van der Waals surface area contributed by atoms with E-state index in [-0.39, 0.29) is 16.8 Å². The van der Waals surface area contributed by atoms with Crippen LogP contribution in [-0.2, 0) is 0 Å². The molecule has 0 atom stereocenters. The molecular formula is C19H18BrNO3. The lowest BCUT2D eigenvalue weighted by atomic mass is 10.1. The molecule has 2 aromatic carbocycles. The summed E-state index contributed by atoms with van der Waals surface area (Å²) in [5, 5.41) is 2.98. The second-order valence-corrected chi connectivity index (χ2v) is 5.94. The summed E-state index contributed by atoms with van der Waals surface area (Å²) in [6.07, 6.45) is 3.08. The summed E-state index contributed by atoms with van der Waals surface area (Å²) in [5.74, 6) is 0.404. The number of hydrogen-bond acceptors (Lipinski definition) is 4. The molecule has 0 radical (unpaired) electrons. The van der Waals surface area contributed by atoms with Crippen LogP contribution in [0, 0.1) is 0 Å². The highest BCUT2D eigenvalue weighted by atomic mass is 79.9. The molecule has 0 heterocycles. The van der Waals surface area contributed by atoms with Crippen LogP contribution in [0.1, 0.15) is 22.8 Å². The molecule has 1 N–H and O–H groups in total. The van der Waals surface area contributed by atoms with Gasteiger partial charge in [-0.05, 0) is 48.9 Å². The minimum Gasteiger partial charge on any atom is -0.497 e. The second kappa shape index (κ2) is 8.45. The van der Waals surface area contributed by atoms with Gasteiger partial charge in [0.25, 0.3) is 0 Å². The number of ketones is 1. The number of rotatable bonds is 6. The maximum absolute atomic E-state index is 12.5. The van der Waals surface area contributed by atoms with Gasteiger partial charge in [0.1, 0.15) is 5.75 Å². The SMILES string of the molecule is CCNc1ccc(Br)cc(C(=O)C=Cc2ccc(OC)cc2)c1=O. The van der Waals surface area contributed by atoms with E-state index in [1.165, 1.54) is 6.08 Å². The number of nitrogens with one attached hydrogen (secondary N) is 1. The zero-order valence-electron chi connectivity index (χ0n) is 13.5. The van der Waals surface area contributed by atoms with Crippen molar-refractivity contribution in [1.29, 1.82) is 0 Å². The highest BCUT2D eigenvalue weighted by Gasteiger charge is 2.10. The third-order valence-corrected chi connectivity index (χ3v) is 3.85. The molecule has 5 heteroatoms. The highest BCUT2D eigenvalue weighted by molar-refractivity contribution is 9.10. The van der Waals surface area contributed by atoms with E-state index in [1.807, 2.05) is 31.2 Å². The summed E-state index contributed by atoms with van der Waals surface area (Å²) in [6, 6.07) is 12.3. The fourth-order valence-electron chi connectivity index (χ4n) is 2.12. The van der Waals surface area contributed by atoms with E-state index in [0.717, 1.165) is 11.3 Å². The molecule has 4 nitrogen and oxygen atoms in total. The summed E-state index contributed by atoms with van der Waals surface area (Å²) >= 11 is 3.33. The molecule has 0 aromatic heterocycles. The quantitative estimate of drug-likeness (QED) is 0.597. The lowest BCUT2D eigenvalue weighted by Crippen LogP contribution is -2.15. The topological polar surface area (TPSA) is 55.4 Å². The molecule has 0 spiro atoms. The molecule has 0 saturated heterocycles. The highest BCUT2D eigenvalue weighted by Crippen LogP contribution is 2.14. The van der Waals surface area contributed by atoms with Crippen LogP contribution in [0.2, 0.25) is 0 Å². The Morgan fingerprint density at radius 1 is 1.21 bits per heavy atom. The first-order chi connectivity index (χ1) is 11.5. The number of halogens is 1. The molecule has 2 rings (SSSR count). The van der Waals surface area contributed by atoms with E-state index in [2.05, 4.69) is 21.2 Å². The van der Waals surface area contributed by atoms with Crippen LogP contribution in [0.3, 0.4) is 0 Å². The number of anilines is 1. The van der Waals surface area contributed by atoms with Gasteiger partial charge in [0, 0.05) is 11.0 Å². The normalized spacial score (nSPS) is 10.6. The first kappa shape index (κ1) is 17.9. The van der Waals surface area contributed by atoms with E-state index in [0.29, 0.717) is 16.7 Å². The van der Waals surface area contributed by atoms with Gasteiger partial charge in [-0.15, -0.1) is 0 Å². The fourth-order valence-corrected chi connectivity index (χ4v) is 2.49. The number of carbonyl (C=O) groups excluding carboxylic acids is 1. The minimum atomic E-state index is -0.341. The van der Waals surface area contributed by atoms with Crippen molar-refractivity contribution < 1.29 is 9.53 Å². The van der Waals surface area contributed by atoms with Crippen molar-refractivity contribution >= 4 is 33.5 Å². The number of hydrogen-bond donors (Lipinski definition) is 1. The summed E-state index contributed by atoms with van der Waals surface area (Å²) in [6.45, 7) is 2.50. The smallest absolute Gasteiger partial charge is 0.212 e. The van der Waals surface area contributed by atoms with Crippen molar-refractivity contribution in [1.82, 2.24) is 0 Å². The van der Waals surface area contributed by atoms with Crippen LogP contribution in [0.25, 0.3) is 6.08 Å². The van der Waals surface area contributed by atoms with Gasteiger partial charge in [0.05, 0.1) is 18.4 Å². The van der Waals surface area contributed by atoms with Crippen LogP contribution in [0.15, 0.2) is 57.8 Å². The predicted octanol–water partition coefficient (Wildman–Crippen LogP) is 4.15. The Labute approximate surface area is 149 Å². The molecule has 0 saturated carbocycles. The molecule has 0 unspecified atom stereocenters. The minimum absolute atomic E-state index is 0.118. The second-order valence-electron chi connectivity index (χ2n) is 5.02. The molecule has 2 aromatic rings. The van der Waals surface area contributed by atoms with Crippen molar-refractivity contribution in [3.05, 3.63) is 74.4 Å². The van der Waals surface area contributed by atoms with Crippen LogP contribution in [-0.4, -0.2) is 19.4 Å². The van der Waals surface area contributed by atoms with Crippen molar-refractivity contribution in [2.75, 3.05) is 19.0 Å². The van der Waals surface area contributed by atoms with Crippen molar-refractivity contribution in [2.45, 2.75) is 6.92 Å². The number of methoxy groups -OCH3 is 1. The fraction of sp³-hybridized carbons (Fsp3) is 0.158. The van der Waals surface area contributed by atoms with E-state index in [9.17, 15) is 9.59 Å². The van der Waals surface area contributed by atoms with E-state index in [1.54, 1.807) is 31.4 Å². The summed E-state index contributed by atoms with van der Waals surface area (Å²) in [7, 11) is 1.60. The zero-order valence-corrected chi connectivity index (χ0v) is 15.1. The molecule has 0 aliphatic heterocycles. The lowest BCUT2D eigenvalue weighted by Gasteiger charge is -2.00. The van der Waals surface area contributed by atoms with E-state index < -0.39 is 0 Å². The van der Waals surface area contributed by atoms with Gasteiger partial charge in [-0.1, -0.05) is 34.1 Å². The Bertz CT molecular complexity index is 814. The average Bonchev–Trinajstić information content (AvgIpc) is 2.74. The van der Waals surface area contributed by atoms with E-state index in [4.69, 9.17) is 4.74 Å². The van der Waals surface area contributed by atoms with Gasteiger partial charge >= 0.3 is 0 Å². The lowest BCUT2D eigenvalue weighted by molar-refractivity contribution is 0.104. The molecular weight excluding hydrogens is 370 g/mol. The summed E-state index contributed by atoms with van der Waals surface area (Å²) < 4.78 is 5.77.